The standard InChI is InChI=1S/C34H30O12/c1-41-29-21(15-23(31(43-3)33(29)45-5)27(39)25(37)17-9-7-11-19(35)13-17)22-16-24(32(44-4)34(46-6)30(22)42-2)28(40)26(38)18-10-8-12-20(36)14-18/h7-16,35-36H,1-6H3. The minimum Gasteiger partial charge on any atom is -0.508 e. The first-order valence-corrected chi connectivity index (χ1v) is 13.5. The number of Topliss-reactive ketones (excluding diaryl/α,β-unsaturated/α-hetero) is 4. The van der Waals surface area contributed by atoms with Crippen molar-refractivity contribution in [2.75, 3.05) is 42.7 Å². The lowest BCUT2D eigenvalue weighted by Crippen LogP contribution is -2.17. The number of phenolic OH excluding ortho intramolecular Hbond substituents is 2. The van der Waals surface area contributed by atoms with Crippen molar-refractivity contribution in [3.05, 3.63) is 82.9 Å². The van der Waals surface area contributed by atoms with Crippen LogP contribution in [0.1, 0.15) is 41.4 Å². The summed E-state index contributed by atoms with van der Waals surface area (Å²) in [5, 5.41) is 19.8. The fourth-order valence-corrected chi connectivity index (χ4v) is 4.97. The molecule has 0 aromatic heterocycles. The van der Waals surface area contributed by atoms with Gasteiger partial charge in [-0.05, 0) is 36.4 Å². The maximum Gasteiger partial charge on any atom is 0.237 e. The molecule has 0 atom stereocenters. The highest BCUT2D eigenvalue weighted by molar-refractivity contribution is 6.50. The van der Waals surface area contributed by atoms with Gasteiger partial charge in [-0.2, -0.15) is 0 Å². The number of methoxy groups -OCH3 is 6. The predicted octanol–water partition coefficient (Wildman–Crippen LogP) is 4.95. The summed E-state index contributed by atoms with van der Waals surface area (Å²) in [6, 6.07) is 13.1. The third kappa shape index (κ3) is 5.87. The summed E-state index contributed by atoms with van der Waals surface area (Å²) in [7, 11) is 7.78. The van der Waals surface area contributed by atoms with Crippen LogP contribution in [0.25, 0.3) is 11.1 Å². The third-order valence-electron chi connectivity index (χ3n) is 7.01. The summed E-state index contributed by atoms with van der Waals surface area (Å²) in [6.07, 6.45) is 0. The Labute approximate surface area is 263 Å². The number of aromatic hydroxyl groups is 2. The Bertz CT molecular complexity index is 1720. The van der Waals surface area contributed by atoms with Crippen LogP contribution in [0, 0.1) is 0 Å². The monoisotopic (exact) mass is 630 g/mol. The van der Waals surface area contributed by atoms with Crippen LogP contribution in [0.4, 0.5) is 0 Å². The zero-order valence-electron chi connectivity index (χ0n) is 25.8. The molecule has 4 aromatic carbocycles. The molecule has 0 saturated heterocycles. The molecule has 12 heteroatoms. The summed E-state index contributed by atoms with van der Waals surface area (Å²) < 4.78 is 33.5. The second-order valence-electron chi connectivity index (χ2n) is 9.56. The number of carbonyl (C=O) groups excluding carboxylic acids is 4. The summed E-state index contributed by atoms with van der Waals surface area (Å²) >= 11 is 0. The number of phenols is 2. The van der Waals surface area contributed by atoms with Gasteiger partial charge in [0.2, 0.25) is 34.6 Å². The number of benzene rings is 4. The van der Waals surface area contributed by atoms with Crippen LogP contribution >= 0.6 is 0 Å². The Morgan fingerprint density at radius 3 is 1.04 bits per heavy atom. The average Bonchev–Trinajstić information content (AvgIpc) is 3.07. The van der Waals surface area contributed by atoms with Gasteiger partial charge < -0.3 is 38.6 Å². The zero-order chi connectivity index (χ0) is 33.7. The van der Waals surface area contributed by atoms with Crippen molar-refractivity contribution in [3.63, 3.8) is 0 Å². The maximum atomic E-state index is 13.7. The normalized spacial score (nSPS) is 10.5. The van der Waals surface area contributed by atoms with Crippen LogP contribution in [0.15, 0.2) is 60.7 Å². The zero-order valence-corrected chi connectivity index (χ0v) is 25.8. The van der Waals surface area contributed by atoms with Crippen LogP contribution in [0.3, 0.4) is 0 Å². The van der Waals surface area contributed by atoms with E-state index in [9.17, 15) is 29.4 Å². The molecule has 0 fully saturated rings. The van der Waals surface area contributed by atoms with Crippen LogP contribution in [0.5, 0.6) is 46.0 Å². The van der Waals surface area contributed by atoms with Gasteiger partial charge in [0.05, 0.1) is 53.8 Å². The molecule has 0 amide bonds. The first-order valence-electron chi connectivity index (χ1n) is 13.5. The SMILES string of the molecule is COc1c(C(=O)C(=O)c2cccc(O)c2)cc(-c2cc(C(=O)C(=O)c3cccc(O)c3)c(OC)c(OC)c2OC)c(OC)c1OC. The van der Waals surface area contributed by atoms with Crippen molar-refractivity contribution in [1.82, 2.24) is 0 Å². The fraction of sp³-hybridized carbons (Fsp3) is 0.176. The third-order valence-corrected chi connectivity index (χ3v) is 7.01. The van der Waals surface area contributed by atoms with Crippen molar-refractivity contribution in [2.45, 2.75) is 0 Å². The topological polar surface area (TPSA) is 164 Å². The van der Waals surface area contributed by atoms with Crippen LogP contribution in [0.2, 0.25) is 0 Å². The number of hydrogen-bond acceptors (Lipinski definition) is 12. The molecule has 4 rings (SSSR count). The molecule has 2 N–H and O–H groups in total. The lowest BCUT2D eigenvalue weighted by Gasteiger charge is -2.22. The summed E-state index contributed by atoms with van der Waals surface area (Å²) in [6.45, 7) is 0. The highest BCUT2D eigenvalue weighted by Gasteiger charge is 2.34. The van der Waals surface area contributed by atoms with E-state index in [-0.39, 0.29) is 79.4 Å². The molecule has 0 heterocycles. The van der Waals surface area contributed by atoms with Crippen molar-refractivity contribution in [2.24, 2.45) is 0 Å². The highest BCUT2D eigenvalue weighted by atomic mass is 16.5. The van der Waals surface area contributed by atoms with Gasteiger partial charge in [0.15, 0.2) is 23.0 Å². The fourth-order valence-electron chi connectivity index (χ4n) is 4.97. The van der Waals surface area contributed by atoms with Gasteiger partial charge in [0.1, 0.15) is 11.5 Å². The van der Waals surface area contributed by atoms with Gasteiger partial charge in [0.25, 0.3) is 0 Å². The van der Waals surface area contributed by atoms with Gasteiger partial charge in [-0.3, -0.25) is 19.2 Å². The summed E-state index contributed by atoms with van der Waals surface area (Å²) in [5.74, 6) is -4.75. The van der Waals surface area contributed by atoms with E-state index in [1.807, 2.05) is 0 Å². The minimum absolute atomic E-state index is 0.0175. The van der Waals surface area contributed by atoms with Gasteiger partial charge >= 0.3 is 0 Å². The quantitative estimate of drug-likeness (QED) is 0.151. The first-order chi connectivity index (χ1) is 22.1. The Morgan fingerprint density at radius 2 is 0.761 bits per heavy atom. The molecule has 12 nitrogen and oxygen atoms in total. The van der Waals surface area contributed by atoms with E-state index >= 15 is 0 Å². The van der Waals surface area contributed by atoms with E-state index in [1.54, 1.807) is 0 Å². The second-order valence-corrected chi connectivity index (χ2v) is 9.56. The van der Waals surface area contributed by atoms with E-state index in [4.69, 9.17) is 28.4 Å². The molecular weight excluding hydrogens is 600 g/mol. The molecule has 0 radical (unpaired) electrons. The van der Waals surface area contributed by atoms with Crippen molar-refractivity contribution >= 4 is 23.1 Å². The second kappa shape index (κ2) is 13.7. The van der Waals surface area contributed by atoms with Gasteiger partial charge in [-0.15, -0.1) is 0 Å². The van der Waals surface area contributed by atoms with Crippen LogP contribution < -0.4 is 28.4 Å². The molecule has 0 bridgehead atoms. The van der Waals surface area contributed by atoms with E-state index in [1.165, 1.54) is 91.2 Å². The van der Waals surface area contributed by atoms with Gasteiger partial charge in [-0.25, -0.2) is 0 Å². The number of ether oxygens (including phenoxy) is 6. The number of carbonyl (C=O) groups is 4. The van der Waals surface area contributed by atoms with Crippen molar-refractivity contribution in [1.29, 1.82) is 0 Å². The highest BCUT2D eigenvalue weighted by Crippen LogP contribution is 2.53. The van der Waals surface area contributed by atoms with E-state index in [0.717, 1.165) is 12.1 Å². The Hall–Kier alpha value is -6.04. The Morgan fingerprint density at radius 1 is 0.435 bits per heavy atom. The largest absolute Gasteiger partial charge is 0.508 e. The van der Waals surface area contributed by atoms with Crippen LogP contribution in [-0.2, 0) is 0 Å². The molecule has 0 aliphatic heterocycles. The molecule has 4 aromatic rings. The maximum absolute atomic E-state index is 13.7. The molecule has 0 saturated carbocycles. The number of hydrogen-bond donors (Lipinski definition) is 2. The molecule has 238 valence electrons. The first kappa shape index (κ1) is 32.9. The average molecular weight is 631 g/mol. The van der Waals surface area contributed by atoms with E-state index in [0.29, 0.717) is 0 Å². The minimum atomic E-state index is -1.01. The molecule has 0 aliphatic carbocycles. The lowest BCUT2D eigenvalue weighted by molar-refractivity contribution is 0.0814. The predicted molar refractivity (Wildman–Crippen MR) is 165 cm³/mol. The van der Waals surface area contributed by atoms with E-state index in [2.05, 4.69) is 0 Å². The molecule has 0 unspecified atom stereocenters. The Balaban J connectivity index is 2.05. The van der Waals surface area contributed by atoms with Gasteiger partial charge in [-0.1, -0.05) is 24.3 Å². The van der Waals surface area contributed by atoms with Crippen molar-refractivity contribution in [3.8, 4) is 57.1 Å². The molecule has 0 spiro atoms. The Kier molecular flexibility index (Phi) is 9.80. The summed E-state index contributed by atoms with van der Waals surface area (Å²) in [4.78, 5) is 54.0. The smallest absolute Gasteiger partial charge is 0.237 e. The number of rotatable bonds is 13. The van der Waals surface area contributed by atoms with Gasteiger partial charge in [0, 0.05) is 22.3 Å². The van der Waals surface area contributed by atoms with E-state index < -0.39 is 23.1 Å². The summed E-state index contributed by atoms with van der Waals surface area (Å²) in [5.41, 5.74) is -0.475. The number of ketones is 4. The van der Waals surface area contributed by atoms with Crippen molar-refractivity contribution < 1.29 is 57.8 Å². The molecular formula is C34H30O12. The molecule has 0 aliphatic rings. The lowest BCUT2D eigenvalue weighted by atomic mass is 9.91. The van der Waals surface area contributed by atoms with Crippen LogP contribution in [-0.4, -0.2) is 76.0 Å². The molecule has 46 heavy (non-hydrogen) atoms.